The minimum atomic E-state index is 0.159. The van der Waals surface area contributed by atoms with E-state index in [-0.39, 0.29) is 11.8 Å². The van der Waals surface area contributed by atoms with Crippen LogP contribution in [0.15, 0.2) is 6.33 Å². The third-order valence-electron chi connectivity index (χ3n) is 2.51. The number of hydrogen-bond acceptors (Lipinski definition) is 4. The summed E-state index contributed by atoms with van der Waals surface area (Å²) in [7, 11) is 0. The van der Waals surface area contributed by atoms with Gasteiger partial charge in [-0.25, -0.2) is 4.98 Å². The molecule has 1 aromatic heterocycles. The topological polar surface area (TPSA) is 82.7 Å². The van der Waals surface area contributed by atoms with E-state index in [9.17, 15) is 4.79 Å². The summed E-state index contributed by atoms with van der Waals surface area (Å²) in [5.74, 6) is 1.20. The lowest BCUT2D eigenvalue weighted by atomic mass is 10.0. The number of nitrogens with one attached hydrogen (secondary N) is 3. The van der Waals surface area contributed by atoms with Crippen molar-refractivity contribution in [3.63, 3.8) is 0 Å². The third-order valence-corrected chi connectivity index (χ3v) is 2.51. The highest BCUT2D eigenvalue weighted by Gasteiger charge is 2.23. The Labute approximate surface area is 87.9 Å². The lowest BCUT2D eigenvalue weighted by Crippen LogP contribution is -2.50. The van der Waals surface area contributed by atoms with Gasteiger partial charge in [-0.1, -0.05) is 0 Å². The predicted octanol–water partition coefficient (Wildman–Crippen LogP) is -0.927. The van der Waals surface area contributed by atoms with Crippen molar-refractivity contribution in [2.75, 3.05) is 19.6 Å². The second-order valence-corrected chi connectivity index (χ2v) is 3.68. The van der Waals surface area contributed by atoms with Gasteiger partial charge in [0.1, 0.15) is 12.2 Å². The number of aromatic amines is 1. The highest BCUT2D eigenvalue weighted by Crippen LogP contribution is 2.02. The Bertz CT molecular complexity index is 306. The van der Waals surface area contributed by atoms with Gasteiger partial charge in [0.05, 0.1) is 5.92 Å². The Kier molecular flexibility index (Phi) is 3.29. The van der Waals surface area contributed by atoms with Crippen LogP contribution >= 0.6 is 0 Å². The molecule has 3 N–H and O–H groups in total. The van der Waals surface area contributed by atoms with Crippen LogP contribution in [0.5, 0.6) is 0 Å². The summed E-state index contributed by atoms with van der Waals surface area (Å²) >= 11 is 0. The van der Waals surface area contributed by atoms with Crippen LogP contribution < -0.4 is 10.6 Å². The number of amides is 1. The maximum absolute atomic E-state index is 11.4. The predicted molar refractivity (Wildman–Crippen MR) is 54.1 cm³/mol. The van der Waals surface area contributed by atoms with E-state index in [1.165, 1.54) is 6.33 Å². The van der Waals surface area contributed by atoms with Gasteiger partial charge in [-0.3, -0.25) is 9.89 Å². The molecule has 1 aromatic rings. The van der Waals surface area contributed by atoms with Crippen LogP contribution in [0.3, 0.4) is 0 Å². The van der Waals surface area contributed by atoms with Crippen molar-refractivity contribution in [1.29, 1.82) is 0 Å². The largest absolute Gasteiger partial charge is 0.356 e. The molecule has 1 aliphatic heterocycles. The zero-order chi connectivity index (χ0) is 10.5. The molecule has 6 heteroatoms. The first-order valence-corrected chi connectivity index (χ1v) is 5.19. The van der Waals surface area contributed by atoms with E-state index >= 15 is 0 Å². The maximum Gasteiger partial charge on any atom is 0.225 e. The van der Waals surface area contributed by atoms with Crippen LogP contribution in [0.4, 0.5) is 0 Å². The summed E-state index contributed by atoms with van der Waals surface area (Å²) in [6.45, 7) is 2.33. The van der Waals surface area contributed by atoms with Crippen molar-refractivity contribution < 1.29 is 4.79 Å². The molecule has 1 fully saturated rings. The van der Waals surface area contributed by atoms with Gasteiger partial charge in [0.15, 0.2) is 0 Å². The van der Waals surface area contributed by atoms with Gasteiger partial charge in [0, 0.05) is 26.1 Å². The molecule has 6 nitrogen and oxygen atoms in total. The second kappa shape index (κ2) is 4.88. The molecule has 0 bridgehead atoms. The third kappa shape index (κ3) is 2.76. The molecule has 1 saturated heterocycles. The van der Waals surface area contributed by atoms with Gasteiger partial charge >= 0.3 is 0 Å². The zero-order valence-electron chi connectivity index (χ0n) is 8.49. The van der Waals surface area contributed by atoms with Crippen LogP contribution in [0.1, 0.15) is 12.2 Å². The average Bonchev–Trinajstić information content (AvgIpc) is 2.62. The summed E-state index contributed by atoms with van der Waals surface area (Å²) in [6, 6.07) is 0. The molecule has 1 aliphatic rings. The molecule has 0 saturated carbocycles. The van der Waals surface area contributed by atoms with Gasteiger partial charge in [-0.15, -0.1) is 0 Å². The van der Waals surface area contributed by atoms with Gasteiger partial charge < -0.3 is 10.6 Å². The molecule has 0 unspecified atom stereocenters. The number of aryl methyl sites for hydroxylation is 1. The first-order valence-electron chi connectivity index (χ1n) is 5.19. The van der Waals surface area contributed by atoms with Crippen molar-refractivity contribution in [2.24, 2.45) is 5.92 Å². The van der Waals surface area contributed by atoms with E-state index in [0.29, 0.717) is 6.54 Å². The fourth-order valence-electron chi connectivity index (χ4n) is 1.44. The van der Waals surface area contributed by atoms with E-state index in [0.717, 1.165) is 31.8 Å². The number of aromatic nitrogens is 3. The molecule has 2 heterocycles. The Morgan fingerprint density at radius 2 is 2.47 bits per heavy atom. The van der Waals surface area contributed by atoms with Crippen molar-refractivity contribution in [3.8, 4) is 0 Å². The molecule has 0 spiro atoms. The highest BCUT2D eigenvalue weighted by atomic mass is 16.2. The smallest absolute Gasteiger partial charge is 0.225 e. The van der Waals surface area contributed by atoms with E-state index in [2.05, 4.69) is 25.8 Å². The van der Waals surface area contributed by atoms with Gasteiger partial charge in [0.2, 0.25) is 5.91 Å². The van der Waals surface area contributed by atoms with Gasteiger partial charge in [-0.05, 0) is 6.42 Å². The quantitative estimate of drug-likeness (QED) is 0.547. The van der Waals surface area contributed by atoms with E-state index in [1.807, 2.05) is 0 Å². The first-order chi connectivity index (χ1) is 7.36. The highest BCUT2D eigenvalue weighted by molar-refractivity contribution is 5.79. The van der Waals surface area contributed by atoms with Gasteiger partial charge in [-0.2, -0.15) is 5.10 Å². The second-order valence-electron chi connectivity index (χ2n) is 3.68. The van der Waals surface area contributed by atoms with Crippen LogP contribution in [-0.2, 0) is 11.2 Å². The molecular formula is C9H15N5O. The summed E-state index contributed by atoms with van der Waals surface area (Å²) in [5.41, 5.74) is 0. The van der Waals surface area contributed by atoms with Crippen molar-refractivity contribution in [3.05, 3.63) is 12.2 Å². The van der Waals surface area contributed by atoms with Crippen LogP contribution in [0.25, 0.3) is 0 Å². The number of nitrogens with zero attached hydrogens (tertiary/aromatic N) is 2. The lowest BCUT2D eigenvalue weighted by Gasteiger charge is -2.25. The SMILES string of the molecule is O=C(NCCCc1ncn[nH]1)C1CNC1. The summed E-state index contributed by atoms with van der Waals surface area (Å²) in [5, 5.41) is 12.5. The maximum atomic E-state index is 11.4. The minimum Gasteiger partial charge on any atom is -0.356 e. The van der Waals surface area contributed by atoms with Gasteiger partial charge in [0.25, 0.3) is 0 Å². The average molecular weight is 209 g/mol. The van der Waals surface area contributed by atoms with Crippen molar-refractivity contribution >= 4 is 5.91 Å². The summed E-state index contributed by atoms with van der Waals surface area (Å²) < 4.78 is 0. The molecule has 0 aliphatic carbocycles. The van der Waals surface area contributed by atoms with Crippen LogP contribution in [-0.4, -0.2) is 40.7 Å². The monoisotopic (exact) mass is 209 g/mol. The molecule has 2 rings (SSSR count). The number of carbonyl (C=O) groups is 1. The molecule has 0 radical (unpaired) electrons. The molecule has 0 atom stereocenters. The first kappa shape index (κ1) is 10.1. The van der Waals surface area contributed by atoms with E-state index in [1.54, 1.807) is 0 Å². The summed E-state index contributed by atoms with van der Waals surface area (Å²) in [6.07, 6.45) is 3.21. The minimum absolute atomic E-state index is 0.159. The van der Waals surface area contributed by atoms with Crippen molar-refractivity contribution in [1.82, 2.24) is 25.8 Å². The normalized spacial score (nSPS) is 16.0. The number of rotatable bonds is 5. The number of hydrogen-bond donors (Lipinski definition) is 3. The Morgan fingerprint density at radius 1 is 1.60 bits per heavy atom. The molecule has 82 valence electrons. The van der Waals surface area contributed by atoms with Crippen LogP contribution in [0.2, 0.25) is 0 Å². The Morgan fingerprint density at radius 3 is 3.07 bits per heavy atom. The number of carbonyl (C=O) groups excluding carboxylic acids is 1. The van der Waals surface area contributed by atoms with Crippen molar-refractivity contribution in [2.45, 2.75) is 12.8 Å². The Balaban J connectivity index is 1.56. The fourth-order valence-corrected chi connectivity index (χ4v) is 1.44. The summed E-state index contributed by atoms with van der Waals surface area (Å²) in [4.78, 5) is 15.4. The molecule has 15 heavy (non-hydrogen) atoms. The fraction of sp³-hybridized carbons (Fsp3) is 0.667. The standard InChI is InChI=1S/C9H15N5O/c15-9(7-4-10-5-7)11-3-1-2-8-12-6-13-14-8/h6-7,10H,1-5H2,(H,11,15)(H,12,13,14). The van der Waals surface area contributed by atoms with E-state index < -0.39 is 0 Å². The lowest BCUT2D eigenvalue weighted by molar-refractivity contribution is -0.126. The zero-order valence-corrected chi connectivity index (χ0v) is 8.49. The number of H-pyrrole nitrogens is 1. The van der Waals surface area contributed by atoms with E-state index in [4.69, 9.17) is 0 Å². The Hall–Kier alpha value is -1.43. The molecular weight excluding hydrogens is 194 g/mol. The molecule has 1 amide bonds. The molecule has 0 aromatic carbocycles. The van der Waals surface area contributed by atoms with Crippen LogP contribution in [0, 0.1) is 5.92 Å².